The Morgan fingerprint density at radius 3 is 1.89 bits per heavy atom. The molecule has 8 heteroatoms. The number of para-hydroxylation sites is 2. The van der Waals surface area contributed by atoms with Gasteiger partial charge in [-0.25, -0.2) is 0 Å². The van der Waals surface area contributed by atoms with E-state index in [-0.39, 0.29) is 18.6 Å². The average Bonchev–Trinajstić information content (AvgIpc) is 3.30. The van der Waals surface area contributed by atoms with Crippen LogP contribution in [0.5, 0.6) is 11.5 Å². The molecule has 0 saturated heterocycles. The summed E-state index contributed by atoms with van der Waals surface area (Å²) in [6, 6.07) is 27.9. The van der Waals surface area contributed by atoms with Crippen molar-refractivity contribution in [2.75, 3.05) is 20.2 Å². The Morgan fingerprint density at radius 1 is 0.763 bits per heavy atom. The molecule has 4 aromatic rings. The van der Waals surface area contributed by atoms with E-state index in [1.54, 1.807) is 0 Å². The summed E-state index contributed by atoms with van der Waals surface area (Å²) in [6.45, 7) is 13.2. The second kappa shape index (κ2) is 13.2. The van der Waals surface area contributed by atoms with Crippen molar-refractivity contribution < 1.29 is 19.5 Å². The van der Waals surface area contributed by atoms with Gasteiger partial charge in [0.2, 0.25) is 0 Å². The summed E-state index contributed by atoms with van der Waals surface area (Å²) in [7, 11) is -1.77. The predicted octanol–water partition coefficient (Wildman–Crippen LogP) is 6.46. The summed E-state index contributed by atoms with van der Waals surface area (Å²) < 4.78 is 33.8. The van der Waals surface area contributed by atoms with Gasteiger partial charge in [-0.15, -0.1) is 0 Å². The number of rotatable bonds is 13. The summed E-state index contributed by atoms with van der Waals surface area (Å²) in [5.41, 5.74) is 1.18. The van der Waals surface area contributed by atoms with Crippen molar-refractivity contribution in [3.8, 4) is 11.5 Å². The van der Waals surface area contributed by atoms with E-state index in [1.165, 1.54) is 5.52 Å². The molecule has 0 unspecified atom stereocenters. The second-order valence-corrected chi connectivity index (χ2v) is 21.4. The average molecular weight is 730 g/mol. The van der Waals surface area contributed by atoms with Gasteiger partial charge >= 0.3 is 237 Å². The number of fused-ring (bicyclic) bond motifs is 1. The van der Waals surface area contributed by atoms with Crippen LogP contribution in [0.4, 0.5) is 0 Å². The molecule has 0 saturated carbocycles. The topological polar surface area (TPSA) is 51.1 Å². The van der Waals surface area contributed by atoms with E-state index in [4.69, 9.17) is 19.5 Å². The molecule has 0 atom stereocenters. The Morgan fingerprint density at radius 2 is 1.34 bits per heavy atom. The van der Waals surface area contributed by atoms with Crippen molar-refractivity contribution in [1.82, 2.24) is 4.57 Å². The Bertz CT molecular complexity index is 1230. The van der Waals surface area contributed by atoms with Crippen molar-refractivity contribution in [2.45, 2.75) is 45.4 Å². The Kier molecular flexibility index (Phi) is 10.0. The molecule has 0 aliphatic heterocycles. The van der Waals surface area contributed by atoms with Crippen LogP contribution in [0.1, 0.15) is 20.8 Å². The molecule has 0 bridgehead atoms. The summed E-state index contributed by atoms with van der Waals surface area (Å²) in [5, 5.41) is 1.37. The van der Waals surface area contributed by atoms with Crippen LogP contribution in [0.15, 0.2) is 91.1 Å². The molecule has 4 rings (SSSR count). The molecule has 1 heterocycles. The van der Waals surface area contributed by atoms with Gasteiger partial charge in [0, 0.05) is 0 Å². The molecular formula is C30H38BiNO5Si. The predicted molar refractivity (Wildman–Crippen MR) is 157 cm³/mol. The second-order valence-electron chi connectivity index (χ2n) is 10.5. The molecule has 0 aliphatic rings. The summed E-state index contributed by atoms with van der Waals surface area (Å²) >= 11 is -3.09. The number of hydrogen-bond acceptors (Lipinski definition) is 5. The van der Waals surface area contributed by atoms with Crippen LogP contribution < -0.4 is 12.7 Å². The first-order chi connectivity index (χ1) is 18.2. The number of nitrogens with zero attached hydrogens (tertiary/aromatic N) is 1. The zero-order valence-electron chi connectivity index (χ0n) is 22.9. The fourth-order valence-corrected chi connectivity index (χ4v) is 8.97. The van der Waals surface area contributed by atoms with Gasteiger partial charge in [0.25, 0.3) is 0 Å². The number of ether oxygens (including phenoxy) is 2. The van der Waals surface area contributed by atoms with Crippen molar-refractivity contribution in [1.29, 1.82) is 0 Å². The third kappa shape index (κ3) is 7.90. The van der Waals surface area contributed by atoms with Gasteiger partial charge in [-0.2, -0.15) is 0 Å². The molecule has 0 aliphatic carbocycles. The van der Waals surface area contributed by atoms with Crippen molar-refractivity contribution in [3.63, 3.8) is 0 Å². The van der Waals surface area contributed by atoms with Gasteiger partial charge in [0.1, 0.15) is 0 Å². The van der Waals surface area contributed by atoms with E-state index in [9.17, 15) is 0 Å². The van der Waals surface area contributed by atoms with Gasteiger partial charge in [0.15, 0.2) is 0 Å². The van der Waals surface area contributed by atoms with Crippen molar-refractivity contribution in [2.24, 2.45) is 0 Å². The molecule has 0 spiro atoms. The van der Waals surface area contributed by atoms with Crippen LogP contribution in [0.2, 0.25) is 18.1 Å². The standard InChI is InChI=1S/C16H24NOSi.2C7H7O2.Bi/c1-16(2,3)19(4,5)18-13-12-17-11-10-14-8-6-7-9-15(14)17;2*8-6-9-7-4-2-1-3-5-7;/h7-11H,12-13H2,1-5H3;2*1-5H,6H2;/q;2*-1;+2. The fourth-order valence-electron chi connectivity index (χ4n) is 3.62. The molecule has 6 nitrogen and oxygen atoms in total. The molecule has 3 aromatic carbocycles. The van der Waals surface area contributed by atoms with Crippen LogP contribution in [0.3, 0.4) is 0 Å². The first-order valence-electron chi connectivity index (χ1n) is 12.9. The van der Waals surface area contributed by atoms with Gasteiger partial charge in [-0.05, 0) is 0 Å². The first-order valence-corrected chi connectivity index (χ1v) is 20.4. The third-order valence-corrected chi connectivity index (χ3v) is 16.7. The molecule has 1 aromatic heterocycles. The van der Waals surface area contributed by atoms with E-state index < -0.39 is 30.9 Å². The van der Waals surface area contributed by atoms with Crippen LogP contribution in [0, 0.1) is 0 Å². The zero-order valence-corrected chi connectivity index (χ0v) is 27.4. The summed E-state index contributed by atoms with van der Waals surface area (Å²) in [6.07, 6.45) is 2.13. The van der Waals surface area contributed by atoms with Crippen molar-refractivity contribution in [3.05, 3.63) is 91.1 Å². The minimum absolute atomic E-state index is 0.136. The maximum absolute atomic E-state index is 6.40. The van der Waals surface area contributed by atoms with Gasteiger partial charge in [-0.1, -0.05) is 0 Å². The van der Waals surface area contributed by atoms with Crippen LogP contribution in [0.25, 0.3) is 10.9 Å². The molecule has 0 N–H and O–H groups in total. The number of hydrogen-bond donors (Lipinski definition) is 0. The molecule has 38 heavy (non-hydrogen) atoms. The quantitative estimate of drug-likeness (QED) is 0.117. The van der Waals surface area contributed by atoms with Crippen LogP contribution >= 0.6 is 0 Å². The van der Waals surface area contributed by atoms with E-state index in [0.717, 1.165) is 26.7 Å². The SMILES string of the molecule is CC(C)(C)[Si](C)(C)OCCn1ccc2c[c]([Bi]([O]COc3ccccc3)[O]COc3ccccc3)ccc21. The minimum atomic E-state index is -3.09. The maximum atomic E-state index is 6.40. The fraction of sp³-hybridized carbons (Fsp3) is 0.333. The molecule has 0 radical (unpaired) electrons. The third-order valence-electron chi connectivity index (χ3n) is 6.84. The number of aromatic nitrogens is 1. The van der Waals surface area contributed by atoms with Gasteiger partial charge < -0.3 is 0 Å². The summed E-state index contributed by atoms with van der Waals surface area (Å²) in [5.74, 6) is 1.54. The first kappa shape index (κ1) is 28.8. The van der Waals surface area contributed by atoms with Gasteiger partial charge in [0.05, 0.1) is 0 Å². The Balaban J connectivity index is 1.42. The zero-order chi connectivity index (χ0) is 27.0. The van der Waals surface area contributed by atoms with Gasteiger partial charge in [-0.3, -0.25) is 0 Å². The van der Waals surface area contributed by atoms with E-state index in [2.05, 4.69) is 68.9 Å². The van der Waals surface area contributed by atoms with E-state index in [1.807, 2.05) is 60.7 Å². The Hall–Kier alpha value is -2.22. The Labute approximate surface area is 236 Å². The van der Waals surface area contributed by atoms with Crippen LogP contribution in [-0.4, -0.2) is 55.7 Å². The molecule has 0 amide bonds. The number of benzene rings is 3. The summed E-state index contributed by atoms with van der Waals surface area (Å²) in [4.78, 5) is 0. The molecule has 0 fully saturated rings. The molecular weight excluding hydrogens is 691 g/mol. The molecule has 202 valence electrons. The van der Waals surface area contributed by atoms with E-state index in [0.29, 0.717) is 6.61 Å². The monoisotopic (exact) mass is 729 g/mol. The van der Waals surface area contributed by atoms with Crippen LogP contribution in [-0.2, 0) is 16.6 Å². The normalized spacial score (nSPS) is 12.3. The van der Waals surface area contributed by atoms with Crippen molar-refractivity contribution >= 4 is 45.1 Å². The van der Waals surface area contributed by atoms with E-state index >= 15 is 0 Å².